The minimum absolute atomic E-state index is 0. The predicted octanol–water partition coefficient (Wildman–Crippen LogP) is 3.77. The van der Waals surface area contributed by atoms with Crippen LogP contribution in [0.15, 0.2) is 35.3 Å². The van der Waals surface area contributed by atoms with E-state index in [9.17, 15) is 0 Å². The molecule has 1 aromatic rings. The largest absolute Gasteiger partial charge is 0.494 e. The standard InChI is InChI=1S/C17H29N3O.HI/c1-4-5-14-20(3)17(18-2)19-13-9-10-15-21-16-11-7-6-8-12-16;/h6-8,11-12H,4-5,9-10,13-15H2,1-3H3,(H,18,19);1H. The van der Waals surface area contributed by atoms with Gasteiger partial charge in [-0.15, -0.1) is 24.0 Å². The fourth-order valence-electron chi connectivity index (χ4n) is 2.02. The van der Waals surface area contributed by atoms with E-state index in [1.807, 2.05) is 37.4 Å². The Morgan fingerprint density at radius 2 is 1.91 bits per heavy atom. The van der Waals surface area contributed by atoms with Gasteiger partial charge in [-0.3, -0.25) is 4.99 Å². The van der Waals surface area contributed by atoms with Crippen molar-refractivity contribution in [2.45, 2.75) is 32.6 Å². The molecule has 0 fully saturated rings. The Morgan fingerprint density at radius 3 is 2.55 bits per heavy atom. The van der Waals surface area contributed by atoms with Crippen LogP contribution in [0.5, 0.6) is 5.75 Å². The molecule has 1 rings (SSSR count). The average molecular weight is 419 g/mol. The zero-order valence-corrected chi connectivity index (χ0v) is 16.4. The van der Waals surface area contributed by atoms with Crippen LogP contribution in [0, 0.1) is 0 Å². The van der Waals surface area contributed by atoms with Crippen molar-refractivity contribution >= 4 is 29.9 Å². The van der Waals surface area contributed by atoms with Gasteiger partial charge >= 0.3 is 0 Å². The molecular weight excluding hydrogens is 389 g/mol. The molecule has 0 aliphatic heterocycles. The molecule has 5 heteroatoms. The molecule has 0 saturated heterocycles. The van der Waals surface area contributed by atoms with E-state index in [4.69, 9.17) is 4.74 Å². The summed E-state index contributed by atoms with van der Waals surface area (Å²) in [4.78, 5) is 6.49. The van der Waals surface area contributed by atoms with Gasteiger partial charge in [-0.1, -0.05) is 31.5 Å². The second kappa shape index (κ2) is 13.7. The molecule has 0 amide bonds. The van der Waals surface area contributed by atoms with Gasteiger partial charge in [-0.05, 0) is 31.4 Å². The first-order valence-corrected chi connectivity index (χ1v) is 7.87. The Labute approximate surface area is 152 Å². The third-order valence-corrected chi connectivity index (χ3v) is 3.29. The van der Waals surface area contributed by atoms with Crippen LogP contribution in [0.4, 0.5) is 0 Å². The number of aliphatic imine (C=N–C) groups is 1. The molecule has 0 radical (unpaired) electrons. The maximum Gasteiger partial charge on any atom is 0.193 e. The van der Waals surface area contributed by atoms with E-state index >= 15 is 0 Å². The first-order valence-electron chi connectivity index (χ1n) is 7.87. The van der Waals surface area contributed by atoms with Crippen molar-refractivity contribution in [3.8, 4) is 5.75 Å². The zero-order valence-electron chi connectivity index (χ0n) is 14.0. The Kier molecular flexibility index (Phi) is 13.1. The smallest absolute Gasteiger partial charge is 0.193 e. The number of unbranched alkanes of at least 4 members (excludes halogenated alkanes) is 2. The van der Waals surface area contributed by atoms with Crippen LogP contribution >= 0.6 is 24.0 Å². The van der Waals surface area contributed by atoms with Gasteiger partial charge < -0.3 is 15.0 Å². The number of rotatable bonds is 9. The third-order valence-electron chi connectivity index (χ3n) is 3.29. The van der Waals surface area contributed by atoms with Crippen molar-refractivity contribution in [2.75, 3.05) is 33.8 Å². The van der Waals surface area contributed by atoms with Crippen LogP contribution in [0.1, 0.15) is 32.6 Å². The molecule has 0 heterocycles. The van der Waals surface area contributed by atoms with E-state index < -0.39 is 0 Å². The molecule has 0 aliphatic carbocycles. The van der Waals surface area contributed by atoms with E-state index in [-0.39, 0.29) is 24.0 Å². The van der Waals surface area contributed by atoms with Crippen molar-refractivity contribution in [1.82, 2.24) is 10.2 Å². The van der Waals surface area contributed by atoms with Crippen molar-refractivity contribution in [2.24, 2.45) is 4.99 Å². The topological polar surface area (TPSA) is 36.9 Å². The molecule has 0 unspecified atom stereocenters. The second-order valence-corrected chi connectivity index (χ2v) is 5.12. The van der Waals surface area contributed by atoms with E-state index in [2.05, 4.69) is 29.2 Å². The molecule has 0 bridgehead atoms. The van der Waals surface area contributed by atoms with E-state index in [0.29, 0.717) is 0 Å². The number of hydrogen-bond acceptors (Lipinski definition) is 2. The SMILES string of the molecule is CCCCN(C)C(=NC)NCCCCOc1ccccc1.I. The third kappa shape index (κ3) is 9.12. The van der Waals surface area contributed by atoms with Gasteiger partial charge in [0.2, 0.25) is 0 Å². The quantitative estimate of drug-likeness (QED) is 0.287. The molecule has 1 N–H and O–H groups in total. The summed E-state index contributed by atoms with van der Waals surface area (Å²) in [6.07, 6.45) is 4.52. The zero-order chi connectivity index (χ0) is 15.3. The minimum Gasteiger partial charge on any atom is -0.494 e. The Hall–Kier alpha value is -0.980. The molecule has 0 atom stereocenters. The summed E-state index contributed by atoms with van der Waals surface area (Å²) in [7, 11) is 3.92. The van der Waals surface area contributed by atoms with E-state index in [1.165, 1.54) is 12.8 Å². The lowest BCUT2D eigenvalue weighted by molar-refractivity contribution is 0.306. The number of nitrogens with zero attached hydrogens (tertiary/aromatic N) is 2. The highest BCUT2D eigenvalue weighted by Gasteiger charge is 2.03. The van der Waals surface area contributed by atoms with Crippen LogP contribution < -0.4 is 10.1 Å². The Bertz CT molecular complexity index is 398. The highest BCUT2D eigenvalue weighted by molar-refractivity contribution is 14.0. The molecular formula is C17H30IN3O. The maximum absolute atomic E-state index is 5.67. The molecule has 0 aliphatic rings. The average Bonchev–Trinajstić information content (AvgIpc) is 2.53. The number of benzene rings is 1. The molecule has 4 nitrogen and oxygen atoms in total. The second-order valence-electron chi connectivity index (χ2n) is 5.12. The van der Waals surface area contributed by atoms with Crippen LogP contribution in [-0.4, -0.2) is 44.7 Å². The molecule has 0 saturated carbocycles. The Morgan fingerprint density at radius 1 is 1.18 bits per heavy atom. The van der Waals surface area contributed by atoms with Crippen molar-refractivity contribution in [1.29, 1.82) is 0 Å². The van der Waals surface area contributed by atoms with E-state index in [1.54, 1.807) is 0 Å². The maximum atomic E-state index is 5.67. The first-order chi connectivity index (χ1) is 10.3. The van der Waals surface area contributed by atoms with Crippen molar-refractivity contribution in [3.63, 3.8) is 0 Å². The number of nitrogens with one attached hydrogen (secondary N) is 1. The number of para-hydroxylation sites is 1. The lowest BCUT2D eigenvalue weighted by Crippen LogP contribution is -2.39. The molecule has 1 aromatic carbocycles. The summed E-state index contributed by atoms with van der Waals surface area (Å²) in [5.41, 5.74) is 0. The van der Waals surface area contributed by atoms with Gasteiger partial charge in [0, 0.05) is 27.2 Å². The summed E-state index contributed by atoms with van der Waals surface area (Å²) in [6.45, 7) is 4.95. The summed E-state index contributed by atoms with van der Waals surface area (Å²) in [5, 5.41) is 3.40. The van der Waals surface area contributed by atoms with Crippen LogP contribution in [0.3, 0.4) is 0 Å². The van der Waals surface area contributed by atoms with Gasteiger partial charge in [0.1, 0.15) is 5.75 Å². The summed E-state index contributed by atoms with van der Waals surface area (Å²) in [6, 6.07) is 9.96. The highest BCUT2D eigenvalue weighted by Crippen LogP contribution is 2.08. The van der Waals surface area contributed by atoms with Crippen LogP contribution in [0.25, 0.3) is 0 Å². The van der Waals surface area contributed by atoms with Crippen LogP contribution in [0.2, 0.25) is 0 Å². The van der Waals surface area contributed by atoms with E-state index in [0.717, 1.165) is 44.2 Å². The molecule has 22 heavy (non-hydrogen) atoms. The van der Waals surface area contributed by atoms with Crippen molar-refractivity contribution < 1.29 is 4.74 Å². The van der Waals surface area contributed by atoms with Gasteiger partial charge in [0.25, 0.3) is 0 Å². The fourth-order valence-corrected chi connectivity index (χ4v) is 2.02. The number of hydrogen-bond donors (Lipinski definition) is 1. The van der Waals surface area contributed by atoms with Gasteiger partial charge in [-0.25, -0.2) is 0 Å². The Balaban J connectivity index is 0.00000441. The van der Waals surface area contributed by atoms with Gasteiger partial charge in [0.05, 0.1) is 6.61 Å². The number of guanidine groups is 1. The lowest BCUT2D eigenvalue weighted by Gasteiger charge is -2.21. The van der Waals surface area contributed by atoms with Crippen molar-refractivity contribution in [3.05, 3.63) is 30.3 Å². The molecule has 126 valence electrons. The fraction of sp³-hybridized carbons (Fsp3) is 0.588. The van der Waals surface area contributed by atoms with Crippen LogP contribution in [-0.2, 0) is 0 Å². The molecule has 0 spiro atoms. The number of ether oxygens (including phenoxy) is 1. The summed E-state index contributed by atoms with van der Waals surface area (Å²) >= 11 is 0. The number of halogens is 1. The monoisotopic (exact) mass is 419 g/mol. The van der Waals surface area contributed by atoms with Gasteiger partial charge in [-0.2, -0.15) is 0 Å². The normalized spacial score (nSPS) is 10.8. The summed E-state index contributed by atoms with van der Waals surface area (Å²) in [5.74, 6) is 1.92. The lowest BCUT2D eigenvalue weighted by atomic mass is 10.3. The first kappa shape index (κ1) is 21.0. The van der Waals surface area contributed by atoms with Gasteiger partial charge in [0.15, 0.2) is 5.96 Å². The summed E-state index contributed by atoms with van der Waals surface area (Å²) < 4.78 is 5.67. The molecule has 0 aromatic heterocycles. The predicted molar refractivity (Wildman–Crippen MR) is 105 cm³/mol. The highest BCUT2D eigenvalue weighted by atomic mass is 127. The minimum atomic E-state index is 0.